The fraction of sp³-hybridized carbons (Fsp3) is 0.733. The molecule has 0 fully saturated rings. The van der Waals surface area contributed by atoms with Gasteiger partial charge in [-0.1, -0.05) is 39.0 Å². The number of nitrogens with zero attached hydrogens (tertiary/aromatic N) is 1. The molecule has 0 aliphatic carbocycles. The number of nitrogens with one attached hydrogen (secondary N) is 2. The maximum absolute atomic E-state index is 11.9. The molecule has 0 spiro atoms. The van der Waals surface area contributed by atoms with Crippen LogP contribution in [-0.2, 0) is 22.5 Å². The molecule has 0 saturated heterocycles. The van der Waals surface area contributed by atoms with E-state index in [0.29, 0.717) is 19.6 Å². The molecular formula is C15H25N3O2. The van der Waals surface area contributed by atoms with Crippen LogP contribution in [0.15, 0.2) is 6.33 Å². The molecular weight excluding hydrogens is 254 g/mol. The van der Waals surface area contributed by atoms with E-state index in [1.165, 1.54) is 25.7 Å². The van der Waals surface area contributed by atoms with E-state index in [0.717, 1.165) is 24.2 Å². The standard InChI is InChI=1S/C15H25N3O2/c1-2-3-4-5-6-7-8-20-15(19)13-9-12-14(10-16-13)18-11-17-12/h11,13,16H,2-10H2,1H3,(H,17,18). The molecule has 2 rings (SSSR count). The Bertz CT molecular complexity index is 417. The molecule has 1 aliphatic rings. The average Bonchev–Trinajstić information content (AvgIpc) is 2.93. The second kappa shape index (κ2) is 8.04. The SMILES string of the molecule is CCCCCCCCOC(=O)C1Cc2nc[nH]c2CN1. The van der Waals surface area contributed by atoms with Gasteiger partial charge in [0.25, 0.3) is 0 Å². The molecule has 1 aromatic heterocycles. The molecule has 1 atom stereocenters. The average molecular weight is 279 g/mol. The Labute approximate surface area is 120 Å². The van der Waals surface area contributed by atoms with Gasteiger partial charge < -0.3 is 9.72 Å². The number of hydrogen-bond donors (Lipinski definition) is 2. The molecule has 0 radical (unpaired) electrons. The van der Waals surface area contributed by atoms with Crippen molar-refractivity contribution < 1.29 is 9.53 Å². The van der Waals surface area contributed by atoms with E-state index in [1.54, 1.807) is 6.33 Å². The molecule has 0 bridgehead atoms. The van der Waals surface area contributed by atoms with Gasteiger partial charge in [0, 0.05) is 13.0 Å². The van der Waals surface area contributed by atoms with Gasteiger partial charge in [0.05, 0.1) is 24.3 Å². The summed E-state index contributed by atoms with van der Waals surface area (Å²) in [5.41, 5.74) is 2.05. The van der Waals surface area contributed by atoms with Crippen molar-refractivity contribution >= 4 is 5.97 Å². The van der Waals surface area contributed by atoms with Gasteiger partial charge in [-0.3, -0.25) is 10.1 Å². The zero-order chi connectivity index (χ0) is 14.2. The predicted molar refractivity (Wildman–Crippen MR) is 77.3 cm³/mol. The molecule has 0 aromatic carbocycles. The number of carbonyl (C=O) groups is 1. The van der Waals surface area contributed by atoms with Crippen LogP contribution >= 0.6 is 0 Å². The van der Waals surface area contributed by atoms with Crippen molar-refractivity contribution in [2.45, 2.75) is 64.5 Å². The van der Waals surface area contributed by atoms with E-state index in [-0.39, 0.29) is 12.0 Å². The Morgan fingerprint density at radius 2 is 2.15 bits per heavy atom. The summed E-state index contributed by atoms with van der Waals surface area (Å²) < 4.78 is 5.34. The van der Waals surface area contributed by atoms with Gasteiger partial charge in [-0.2, -0.15) is 0 Å². The Morgan fingerprint density at radius 1 is 1.35 bits per heavy atom. The lowest BCUT2D eigenvalue weighted by Crippen LogP contribution is -2.42. The molecule has 5 heteroatoms. The van der Waals surface area contributed by atoms with Crippen LogP contribution in [0.3, 0.4) is 0 Å². The summed E-state index contributed by atoms with van der Waals surface area (Å²) in [7, 11) is 0. The molecule has 20 heavy (non-hydrogen) atoms. The maximum Gasteiger partial charge on any atom is 0.323 e. The molecule has 0 saturated carbocycles. The first-order valence-corrected chi connectivity index (χ1v) is 7.72. The third-order valence-corrected chi connectivity index (χ3v) is 3.76. The summed E-state index contributed by atoms with van der Waals surface area (Å²) in [4.78, 5) is 19.2. The molecule has 2 N–H and O–H groups in total. The number of imidazole rings is 1. The second-order valence-electron chi connectivity index (χ2n) is 5.40. The number of H-pyrrole nitrogens is 1. The first-order valence-electron chi connectivity index (χ1n) is 7.72. The molecule has 1 unspecified atom stereocenters. The van der Waals surface area contributed by atoms with Gasteiger partial charge in [0.1, 0.15) is 6.04 Å². The summed E-state index contributed by atoms with van der Waals surface area (Å²) in [5.74, 6) is -0.146. The minimum atomic E-state index is -0.245. The van der Waals surface area contributed by atoms with Crippen LogP contribution in [-0.4, -0.2) is 28.6 Å². The normalized spacial score (nSPS) is 17.8. The highest BCUT2D eigenvalue weighted by molar-refractivity contribution is 5.76. The first-order chi connectivity index (χ1) is 9.81. The summed E-state index contributed by atoms with van der Waals surface area (Å²) >= 11 is 0. The van der Waals surface area contributed by atoms with E-state index < -0.39 is 0 Å². The second-order valence-corrected chi connectivity index (χ2v) is 5.40. The predicted octanol–water partition coefficient (Wildman–Crippen LogP) is 2.33. The highest BCUT2D eigenvalue weighted by Gasteiger charge is 2.26. The lowest BCUT2D eigenvalue weighted by molar-refractivity contribution is -0.146. The van der Waals surface area contributed by atoms with Crippen LogP contribution in [0.2, 0.25) is 0 Å². The third-order valence-electron chi connectivity index (χ3n) is 3.76. The zero-order valence-corrected chi connectivity index (χ0v) is 12.3. The number of unbranched alkanes of at least 4 members (excludes halogenated alkanes) is 5. The van der Waals surface area contributed by atoms with Crippen LogP contribution in [0.25, 0.3) is 0 Å². The fourth-order valence-electron chi connectivity index (χ4n) is 2.49. The monoisotopic (exact) mass is 279 g/mol. The summed E-state index contributed by atoms with van der Waals surface area (Å²) in [6.45, 7) is 3.41. The fourth-order valence-corrected chi connectivity index (χ4v) is 2.49. The number of hydrogen-bond acceptors (Lipinski definition) is 4. The van der Waals surface area contributed by atoms with E-state index in [9.17, 15) is 4.79 Å². The van der Waals surface area contributed by atoms with Crippen LogP contribution in [0.1, 0.15) is 56.8 Å². The number of aromatic amines is 1. The van der Waals surface area contributed by atoms with E-state index in [2.05, 4.69) is 22.2 Å². The minimum absolute atomic E-state index is 0.146. The topological polar surface area (TPSA) is 67.0 Å². The van der Waals surface area contributed by atoms with Gasteiger partial charge in [0.15, 0.2) is 0 Å². The van der Waals surface area contributed by atoms with Crippen molar-refractivity contribution in [2.24, 2.45) is 0 Å². The number of carbonyl (C=O) groups excluding carboxylic acids is 1. The Kier molecular flexibility index (Phi) is 6.05. The minimum Gasteiger partial charge on any atom is -0.465 e. The van der Waals surface area contributed by atoms with Crippen LogP contribution in [0, 0.1) is 0 Å². The highest BCUT2D eigenvalue weighted by atomic mass is 16.5. The molecule has 1 aromatic rings. The summed E-state index contributed by atoms with van der Waals surface area (Å²) in [6.07, 6.45) is 9.50. The number of rotatable bonds is 8. The van der Waals surface area contributed by atoms with Crippen molar-refractivity contribution in [2.75, 3.05) is 6.61 Å². The van der Waals surface area contributed by atoms with Gasteiger partial charge in [-0.05, 0) is 6.42 Å². The summed E-state index contributed by atoms with van der Waals surface area (Å²) in [6, 6.07) is -0.245. The van der Waals surface area contributed by atoms with Gasteiger partial charge in [-0.25, -0.2) is 4.98 Å². The van der Waals surface area contributed by atoms with Crippen molar-refractivity contribution in [3.8, 4) is 0 Å². The van der Waals surface area contributed by atoms with Crippen LogP contribution < -0.4 is 5.32 Å². The van der Waals surface area contributed by atoms with Crippen molar-refractivity contribution in [1.29, 1.82) is 0 Å². The van der Waals surface area contributed by atoms with E-state index in [4.69, 9.17) is 4.74 Å². The number of ether oxygens (including phenoxy) is 1. The molecule has 5 nitrogen and oxygen atoms in total. The van der Waals surface area contributed by atoms with E-state index in [1.807, 2.05) is 0 Å². The lowest BCUT2D eigenvalue weighted by Gasteiger charge is -2.21. The first kappa shape index (κ1) is 15.0. The van der Waals surface area contributed by atoms with Gasteiger partial charge in [0.2, 0.25) is 0 Å². The number of fused-ring (bicyclic) bond motifs is 1. The molecule has 2 heterocycles. The van der Waals surface area contributed by atoms with Crippen molar-refractivity contribution in [1.82, 2.24) is 15.3 Å². The molecule has 0 amide bonds. The smallest absolute Gasteiger partial charge is 0.323 e. The zero-order valence-electron chi connectivity index (χ0n) is 12.3. The maximum atomic E-state index is 11.9. The largest absolute Gasteiger partial charge is 0.465 e. The van der Waals surface area contributed by atoms with Crippen molar-refractivity contribution in [3.63, 3.8) is 0 Å². The van der Waals surface area contributed by atoms with Crippen molar-refractivity contribution in [3.05, 3.63) is 17.7 Å². The summed E-state index contributed by atoms with van der Waals surface area (Å²) in [5, 5.41) is 3.18. The third kappa shape index (κ3) is 4.34. The molecule has 1 aliphatic heterocycles. The lowest BCUT2D eigenvalue weighted by atomic mass is 10.1. The quantitative estimate of drug-likeness (QED) is 0.566. The van der Waals surface area contributed by atoms with E-state index >= 15 is 0 Å². The van der Waals surface area contributed by atoms with Crippen LogP contribution in [0.5, 0.6) is 0 Å². The van der Waals surface area contributed by atoms with Crippen LogP contribution in [0.4, 0.5) is 0 Å². The Hall–Kier alpha value is -1.36. The number of aromatic nitrogens is 2. The molecule has 112 valence electrons. The highest BCUT2D eigenvalue weighted by Crippen LogP contribution is 2.13. The number of esters is 1. The van der Waals surface area contributed by atoms with Gasteiger partial charge >= 0.3 is 5.97 Å². The van der Waals surface area contributed by atoms with Gasteiger partial charge in [-0.15, -0.1) is 0 Å². The Morgan fingerprint density at radius 3 is 3.00 bits per heavy atom. The Balaban J connectivity index is 1.59.